The van der Waals surface area contributed by atoms with Gasteiger partial charge in [0.1, 0.15) is 6.33 Å². The number of carbonyl (C=O) groups excluding carboxylic acids is 1. The first-order valence-corrected chi connectivity index (χ1v) is 6.65. The van der Waals surface area contributed by atoms with Crippen molar-refractivity contribution in [2.45, 2.75) is 13.1 Å². The number of hydrogen-bond donors (Lipinski definition) is 1. The Labute approximate surface area is 118 Å². The molecule has 2 N–H and O–H groups in total. The van der Waals surface area contributed by atoms with Crippen LogP contribution in [0.5, 0.6) is 0 Å². The lowest BCUT2D eigenvalue weighted by atomic mass is 10.1. The van der Waals surface area contributed by atoms with Crippen LogP contribution in [-0.2, 0) is 13.1 Å². The summed E-state index contributed by atoms with van der Waals surface area (Å²) in [5.41, 5.74) is 6.87. The van der Waals surface area contributed by atoms with E-state index in [2.05, 4.69) is 26.1 Å². The van der Waals surface area contributed by atoms with Gasteiger partial charge in [0.15, 0.2) is 5.82 Å². The number of fused-ring (bicyclic) bond motifs is 1. The third-order valence-electron chi connectivity index (χ3n) is 3.17. The summed E-state index contributed by atoms with van der Waals surface area (Å²) in [4.78, 5) is 14.2. The molecule has 1 aromatic carbocycles. The second-order valence-electron chi connectivity index (χ2n) is 4.40. The van der Waals surface area contributed by atoms with Crippen LogP contribution >= 0.6 is 15.9 Å². The number of hydrogen-bond acceptors (Lipinski definition) is 4. The van der Waals surface area contributed by atoms with Gasteiger partial charge < -0.3 is 15.2 Å². The Morgan fingerprint density at radius 3 is 3.05 bits per heavy atom. The lowest BCUT2D eigenvalue weighted by molar-refractivity contribution is 0.0708. The largest absolute Gasteiger partial charge is 0.398 e. The summed E-state index contributed by atoms with van der Waals surface area (Å²) < 4.78 is 2.79. The zero-order valence-electron chi connectivity index (χ0n) is 10.1. The molecule has 0 saturated heterocycles. The summed E-state index contributed by atoms with van der Waals surface area (Å²) in [7, 11) is 0. The zero-order valence-corrected chi connectivity index (χ0v) is 11.7. The molecule has 2 aromatic rings. The molecule has 0 atom stereocenters. The van der Waals surface area contributed by atoms with E-state index in [9.17, 15) is 4.79 Å². The molecule has 1 aromatic heterocycles. The molecule has 0 saturated carbocycles. The number of anilines is 1. The molecule has 19 heavy (non-hydrogen) atoms. The summed E-state index contributed by atoms with van der Waals surface area (Å²) in [6, 6.07) is 5.29. The smallest absolute Gasteiger partial charge is 0.256 e. The highest BCUT2D eigenvalue weighted by atomic mass is 79.9. The Bertz CT molecular complexity index is 639. The Balaban J connectivity index is 1.87. The van der Waals surface area contributed by atoms with Crippen molar-refractivity contribution in [1.82, 2.24) is 19.7 Å². The van der Waals surface area contributed by atoms with E-state index in [1.54, 1.807) is 23.4 Å². The fraction of sp³-hybridized carbons (Fsp3) is 0.250. The van der Waals surface area contributed by atoms with Gasteiger partial charge in [0.25, 0.3) is 5.91 Å². The maximum absolute atomic E-state index is 12.5. The summed E-state index contributed by atoms with van der Waals surface area (Å²) in [5, 5.41) is 7.85. The van der Waals surface area contributed by atoms with Crippen molar-refractivity contribution in [2.24, 2.45) is 0 Å². The van der Waals surface area contributed by atoms with Crippen LogP contribution in [0.25, 0.3) is 0 Å². The van der Waals surface area contributed by atoms with Crippen molar-refractivity contribution in [3.05, 3.63) is 40.4 Å². The summed E-state index contributed by atoms with van der Waals surface area (Å²) in [6.07, 6.45) is 1.69. The number of amides is 1. The fourth-order valence-corrected chi connectivity index (χ4v) is 2.48. The number of carbonyl (C=O) groups is 1. The first-order valence-electron chi connectivity index (χ1n) is 5.86. The molecule has 0 aliphatic carbocycles. The molecule has 1 amide bonds. The van der Waals surface area contributed by atoms with E-state index >= 15 is 0 Å². The monoisotopic (exact) mass is 321 g/mol. The quantitative estimate of drug-likeness (QED) is 0.803. The van der Waals surface area contributed by atoms with Gasteiger partial charge in [-0.25, -0.2) is 0 Å². The fourth-order valence-electron chi connectivity index (χ4n) is 2.12. The summed E-state index contributed by atoms with van der Waals surface area (Å²) in [6.45, 7) is 1.81. The van der Waals surface area contributed by atoms with Crippen LogP contribution in [0.3, 0.4) is 0 Å². The van der Waals surface area contributed by atoms with Crippen LogP contribution in [0.2, 0.25) is 0 Å². The lowest BCUT2D eigenvalue weighted by Gasteiger charge is -2.27. The Morgan fingerprint density at radius 2 is 2.21 bits per heavy atom. The highest BCUT2D eigenvalue weighted by Crippen LogP contribution is 2.21. The van der Waals surface area contributed by atoms with Gasteiger partial charge in [-0.3, -0.25) is 4.79 Å². The molecule has 98 valence electrons. The van der Waals surface area contributed by atoms with Crippen molar-refractivity contribution >= 4 is 27.5 Å². The first kappa shape index (κ1) is 12.2. The molecule has 0 radical (unpaired) electrons. The normalized spacial score (nSPS) is 14.3. The third-order valence-corrected chi connectivity index (χ3v) is 3.67. The minimum atomic E-state index is -0.0759. The van der Waals surface area contributed by atoms with Crippen LogP contribution in [0.15, 0.2) is 29.0 Å². The number of halogens is 1. The van der Waals surface area contributed by atoms with E-state index in [0.29, 0.717) is 30.9 Å². The molecule has 2 heterocycles. The molecule has 7 heteroatoms. The molecule has 1 aliphatic heterocycles. The Morgan fingerprint density at radius 1 is 1.37 bits per heavy atom. The Kier molecular flexibility index (Phi) is 2.98. The number of nitrogen functional groups attached to an aromatic ring is 1. The summed E-state index contributed by atoms with van der Waals surface area (Å²) in [5.74, 6) is 0.723. The maximum atomic E-state index is 12.5. The molecule has 0 bridgehead atoms. The van der Waals surface area contributed by atoms with E-state index in [4.69, 9.17) is 5.73 Å². The molecule has 6 nitrogen and oxygen atoms in total. The molecule has 3 rings (SSSR count). The highest BCUT2D eigenvalue weighted by Gasteiger charge is 2.24. The molecular formula is C12H12BrN5O. The van der Waals surface area contributed by atoms with Gasteiger partial charge in [-0.2, -0.15) is 0 Å². The van der Waals surface area contributed by atoms with E-state index < -0.39 is 0 Å². The predicted octanol–water partition coefficient (Wildman–Crippen LogP) is 1.28. The van der Waals surface area contributed by atoms with Crippen molar-refractivity contribution in [2.75, 3.05) is 12.3 Å². The van der Waals surface area contributed by atoms with Crippen LogP contribution < -0.4 is 5.73 Å². The first-order chi connectivity index (χ1) is 9.15. The average Bonchev–Trinajstić information content (AvgIpc) is 2.88. The van der Waals surface area contributed by atoms with Gasteiger partial charge >= 0.3 is 0 Å². The van der Waals surface area contributed by atoms with Gasteiger partial charge in [-0.1, -0.05) is 15.9 Å². The molecule has 0 spiro atoms. The highest BCUT2D eigenvalue weighted by molar-refractivity contribution is 9.10. The second-order valence-corrected chi connectivity index (χ2v) is 5.31. The third kappa shape index (κ3) is 2.21. The topological polar surface area (TPSA) is 77.0 Å². The summed E-state index contributed by atoms with van der Waals surface area (Å²) >= 11 is 3.36. The van der Waals surface area contributed by atoms with Crippen LogP contribution in [0.4, 0.5) is 5.69 Å². The van der Waals surface area contributed by atoms with Crippen molar-refractivity contribution in [3.63, 3.8) is 0 Å². The molecule has 0 fully saturated rings. The van der Waals surface area contributed by atoms with E-state index in [1.807, 2.05) is 10.6 Å². The predicted molar refractivity (Wildman–Crippen MR) is 73.3 cm³/mol. The van der Waals surface area contributed by atoms with Crippen molar-refractivity contribution in [1.29, 1.82) is 0 Å². The van der Waals surface area contributed by atoms with Crippen molar-refractivity contribution < 1.29 is 4.79 Å². The van der Waals surface area contributed by atoms with Gasteiger partial charge in [0.2, 0.25) is 0 Å². The van der Waals surface area contributed by atoms with E-state index in [0.717, 1.165) is 10.3 Å². The van der Waals surface area contributed by atoms with Crippen LogP contribution in [-0.4, -0.2) is 32.1 Å². The SMILES string of the molecule is Nc1ccc(Br)cc1C(=O)N1CCn2cnnc2C1. The number of rotatable bonds is 1. The number of aromatic nitrogens is 3. The van der Waals surface area contributed by atoms with Crippen molar-refractivity contribution in [3.8, 4) is 0 Å². The molecule has 1 aliphatic rings. The number of nitrogens with zero attached hydrogens (tertiary/aromatic N) is 4. The maximum Gasteiger partial charge on any atom is 0.256 e. The van der Waals surface area contributed by atoms with Crippen LogP contribution in [0, 0.1) is 0 Å². The van der Waals surface area contributed by atoms with Gasteiger partial charge in [0, 0.05) is 23.2 Å². The molecular weight excluding hydrogens is 310 g/mol. The number of nitrogens with two attached hydrogens (primary N) is 1. The van der Waals surface area contributed by atoms with Gasteiger partial charge in [0.05, 0.1) is 12.1 Å². The minimum Gasteiger partial charge on any atom is -0.398 e. The zero-order chi connectivity index (χ0) is 13.4. The number of benzene rings is 1. The minimum absolute atomic E-state index is 0.0759. The van der Waals surface area contributed by atoms with E-state index in [-0.39, 0.29) is 5.91 Å². The average molecular weight is 322 g/mol. The van der Waals surface area contributed by atoms with E-state index in [1.165, 1.54) is 0 Å². The standard InChI is InChI=1S/C12H12BrN5O/c13-8-1-2-10(14)9(5-8)12(19)17-3-4-18-7-15-16-11(18)6-17/h1-2,5,7H,3-4,6,14H2. The van der Waals surface area contributed by atoms with Gasteiger partial charge in [-0.05, 0) is 18.2 Å². The Hall–Kier alpha value is -1.89. The second kappa shape index (κ2) is 4.65. The van der Waals surface area contributed by atoms with Crippen LogP contribution in [0.1, 0.15) is 16.2 Å². The lowest BCUT2D eigenvalue weighted by Crippen LogP contribution is -2.38. The molecule has 0 unspecified atom stereocenters. The van der Waals surface area contributed by atoms with Gasteiger partial charge in [-0.15, -0.1) is 10.2 Å².